The number of likely N-dealkylation sites (tertiary alicyclic amines) is 1. The highest BCUT2D eigenvalue weighted by molar-refractivity contribution is 5.66. The number of ether oxygens (including phenoxy) is 1. The van der Waals surface area contributed by atoms with Crippen LogP contribution in [0.1, 0.15) is 48.1 Å². The smallest absolute Gasteiger partial charge is 0.407 e. The van der Waals surface area contributed by atoms with Gasteiger partial charge in [0.25, 0.3) is 0 Å². The Bertz CT molecular complexity index is 1260. The molecule has 2 fully saturated rings. The second-order valence-electron chi connectivity index (χ2n) is 11.6. The van der Waals surface area contributed by atoms with Gasteiger partial charge in [-0.05, 0) is 75.1 Å². The van der Waals surface area contributed by atoms with E-state index in [-0.39, 0.29) is 17.9 Å². The first-order valence-electron chi connectivity index (χ1n) is 13.9. The first kappa shape index (κ1) is 24.9. The number of aromatic nitrogens is 2. The molecule has 9 nitrogen and oxygen atoms in total. The van der Waals surface area contributed by atoms with E-state index in [4.69, 9.17) is 14.7 Å². The first-order chi connectivity index (χ1) is 18.4. The van der Waals surface area contributed by atoms with Gasteiger partial charge in [0, 0.05) is 31.2 Å². The molecule has 200 valence electrons. The van der Waals surface area contributed by atoms with Crippen molar-refractivity contribution >= 4 is 11.9 Å². The SMILES string of the molecule is CN1CCC[C@H]1COc1nc2c(c(N3CCN(C(=O)O)[C@@H](CC#N)C3)n1)C[C@]1(CCc3ccccc3C1)C2. The number of aryl methyl sites for hydroxylation is 1. The molecule has 2 aliphatic carbocycles. The maximum absolute atomic E-state index is 11.8. The molecule has 1 N–H and O–H groups in total. The Labute approximate surface area is 224 Å². The van der Waals surface area contributed by atoms with E-state index in [0.717, 1.165) is 56.6 Å². The van der Waals surface area contributed by atoms with E-state index >= 15 is 0 Å². The molecule has 2 saturated heterocycles. The summed E-state index contributed by atoms with van der Waals surface area (Å²) in [5.74, 6) is 0.869. The van der Waals surface area contributed by atoms with Crippen LogP contribution < -0.4 is 9.64 Å². The zero-order valence-corrected chi connectivity index (χ0v) is 22.1. The molecule has 1 spiro atoms. The van der Waals surface area contributed by atoms with E-state index in [1.54, 1.807) is 0 Å². The Kier molecular flexibility index (Phi) is 6.60. The van der Waals surface area contributed by atoms with E-state index in [1.807, 2.05) is 0 Å². The van der Waals surface area contributed by atoms with Crippen LogP contribution in [0.2, 0.25) is 0 Å². The number of likely N-dealkylation sites (N-methyl/N-ethyl adjacent to an activating group) is 1. The molecule has 9 heteroatoms. The van der Waals surface area contributed by atoms with Gasteiger partial charge in [0.05, 0.1) is 24.2 Å². The van der Waals surface area contributed by atoms with Crippen molar-refractivity contribution in [2.24, 2.45) is 5.41 Å². The largest absolute Gasteiger partial charge is 0.465 e. The lowest BCUT2D eigenvalue weighted by molar-refractivity contribution is 0.119. The van der Waals surface area contributed by atoms with Gasteiger partial charge in [-0.3, -0.25) is 0 Å². The number of carbonyl (C=O) groups is 1. The lowest BCUT2D eigenvalue weighted by atomic mass is 9.70. The highest BCUT2D eigenvalue weighted by Gasteiger charge is 2.44. The summed E-state index contributed by atoms with van der Waals surface area (Å²) >= 11 is 0. The van der Waals surface area contributed by atoms with Crippen LogP contribution in [0.25, 0.3) is 0 Å². The van der Waals surface area contributed by atoms with Crippen molar-refractivity contribution in [3.05, 3.63) is 46.6 Å². The normalized spacial score (nSPS) is 26.7. The molecule has 1 aromatic heterocycles. The second-order valence-corrected chi connectivity index (χ2v) is 11.6. The summed E-state index contributed by atoms with van der Waals surface area (Å²) in [4.78, 5) is 27.6. The fraction of sp³-hybridized carbons (Fsp3) is 0.586. The number of nitriles is 1. The predicted molar refractivity (Wildman–Crippen MR) is 142 cm³/mol. The molecule has 1 amide bonds. The van der Waals surface area contributed by atoms with E-state index in [1.165, 1.54) is 28.0 Å². The van der Waals surface area contributed by atoms with Gasteiger partial charge in [-0.15, -0.1) is 0 Å². The molecule has 1 aromatic carbocycles. The molecule has 0 saturated carbocycles. The van der Waals surface area contributed by atoms with Crippen molar-refractivity contribution in [2.75, 3.05) is 44.7 Å². The zero-order valence-electron chi connectivity index (χ0n) is 22.1. The number of hydrogen-bond donors (Lipinski definition) is 1. The minimum Gasteiger partial charge on any atom is -0.465 e. The van der Waals surface area contributed by atoms with Crippen molar-refractivity contribution in [1.82, 2.24) is 19.8 Å². The monoisotopic (exact) mass is 516 g/mol. The van der Waals surface area contributed by atoms with Gasteiger partial charge in [0.2, 0.25) is 0 Å². The van der Waals surface area contributed by atoms with E-state index in [0.29, 0.717) is 38.3 Å². The molecular formula is C29H36N6O3. The van der Waals surface area contributed by atoms with E-state index in [2.05, 4.69) is 47.2 Å². The summed E-state index contributed by atoms with van der Waals surface area (Å²) in [6, 6.07) is 11.4. The summed E-state index contributed by atoms with van der Waals surface area (Å²) in [5, 5.41) is 19.1. The van der Waals surface area contributed by atoms with Gasteiger partial charge in [0.15, 0.2) is 0 Å². The van der Waals surface area contributed by atoms with Crippen molar-refractivity contribution in [3.8, 4) is 12.1 Å². The molecule has 0 radical (unpaired) electrons. The molecule has 0 unspecified atom stereocenters. The number of rotatable bonds is 5. The highest BCUT2D eigenvalue weighted by Crippen LogP contribution is 2.48. The number of benzene rings is 1. The standard InChI is InChI=1S/C29H36N6O3/c1-33-12-4-7-23(33)19-38-27-31-25-17-29(10-8-20-5-2-3-6-21(20)15-29)16-24(25)26(32-27)34-13-14-35(28(36)37)22(18-34)9-11-30/h2-3,5-6,22-23H,4,7-10,12-19H2,1H3,(H,36,37)/t22-,23-,29+/m0/s1. The Morgan fingerprint density at radius 2 is 2.00 bits per heavy atom. The maximum atomic E-state index is 11.8. The number of amides is 1. The number of anilines is 1. The van der Waals surface area contributed by atoms with Crippen LogP contribution in [0.4, 0.5) is 10.6 Å². The van der Waals surface area contributed by atoms with Gasteiger partial charge >= 0.3 is 12.1 Å². The fourth-order valence-electron chi connectivity index (χ4n) is 7.05. The van der Waals surface area contributed by atoms with Crippen LogP contribution in [0, 0.1) is 16.7 Å². The minimum atomic E-state index is -0.970. The Hall–Kier alpha value is -3.38. The van der Waals surface area contributed by atoms with Crippen molar-refractivity contribution < 1.29 is 14.6 Å². The first-order valence-corrected chi connectivity index (χ1v) is 13.9. The van der Waals surface area contributed by atoms with Gasteiger partial charge < -0.3 is 24.5 Å². The number of carboxylic acid groups (broad SMARTS) is 1. The quantitative estimate of drug-likeness (QED) is 0.645. The third kappa shape index (κ3) is 4.66. The Morgan fingerprint density at radius 1 is 1.16 bits per heavy atom. The summed E-state index contributed by atoms with van der Waals surface area (Å²) < 4.78 is 6.24. The number of hydrogen-bond acceptors (Lipinski definition) is 7. The fourth-order valence-corrected chi connectivity index (χ4v) is 7.05. The Balaban J connectivity index is 1.31. The van der Waals surface area contributed by atoms with Gasteiger partial charge in [-0.1, -0.05) is 24.3 Å². The van der Waals surface area contributed by atoms with Crippen LogP contribution in [0.3, 0.4) is 0 Å². The average Bonchev–Trinajstić information content (AvgIpc) is 3.49. The maximum Gasteiger partial charge on any atom is 0.407 e. The summed E-state index contributed by atoms with van der Waals surface area (Å²) in [6.07, 6.45) is 6.53. The van der Waals surface area contributed by atoms with Gasteiger partial charge in [0.1, 0.15) is 12.4 Å². The Morgan fingerprint density at radius 3 is 2.76 bits per heavy atom. The summed E-state index contributed by atoms with van der Waals surface area (Å²) in [6.45, 7) is 2.99. The molecular weight excluding hydrogens is 480 g/mol. The molecule has 2 aliphatic heterocycles. The predicted octanol–water partition coefficient (Wildman–Crippen LogP) is 3.31. The highest BCUT2D eigenvalue weighted by atomic mass is 16.5. The van der Waals surface area contributed by atoms with E-state index in [9.17, 15) is 15.2 Å². The van der Waals surface area contributed by atoms with E-state index < -0.39 is 6.09 Å². The van der Waals surface area contributed by atoms with Crippen LogP contribution in [0.15, 0.2) is 24.3 Å². The van der Waals surface area contributed by atoms with Crippen LogP contribution >= 0.6 is 0 Å². The van der Waals surface area contributed by atoms with Crippen LogP contribution in [0.5, 0.6) is 6.01 Å². The van der Waals surface area contributed by atoms with Gasteiger partial charge in [-0.2, -0.15) is 15.2 Å². The second kappa shape index (κ2) is 10.1. The lowest BCUT2D eigenvalue weighted by Gasteiger charge is -2.40. The molecule has 3 heterocycles. The van der Waals surface area contributed by atoms with Gasteiger partial charge in [-0.25, -0.2) is 4.79 Å². The molecule has 6 rings (SSSR count). The number of piperazine rings is 1. The zero-order chi connectivity index (χ0) is 26.3. The lowest BCUT2D eigenvalue weighted by Crippen LogP contribution is -2.55. The number of nitrogens with zero attached hydrogens (tertiary/aromatic N) is 6. The molecule has 0 bridgehead atoms. The number of fused-ring (bicyclic) bond motifs is 2. The summed E-state index contributed by atoms with van der Waals surface area (Å²) in [7, 11) is 2.14. The topological polar surface area (TPSA) is 106 Å². The molecule has 4 aliphatic rings. The van der Waals surface area contributed by atoms with Crippen molar-refractivity contribution in [3.63, 3.8) is 0 Å². The van der Waals surface area contributed by atoms with Crippen molar-refractivity contribution in [2.45, 2.75) is 63.5 Å². The average molecular weight is 517 g/mol. The molecule has 3 atom stereocenters. The van der Waals surface area contributed by atoms with Crippen LogP contribution in [-0.2, 0) is 25.7 Å². The minimum absolute atomic E-state index is 0.124. The molecule has 38 heavy (non-hydrogen) atoms. The summed E-state index contributed by atoms with van der Waals surface area (Å²) in [5.41, 5.74) is 5.26. The third-order valence-corrected chi connectivity index (χ3v) is 9.18. The third-order valence-electron chi connectivity index (χ3n) is 9.18. The molecule has 2 aromatic rings. The van der Waals surface area contributed by atoms with Crippen LogP contribution in [-0.4, -0.2) is 82.9 Å². The van der Waals surface area contributed by atoms with Crippen molar-refractivity contribution in [1.29, 1.82) is 5.26 Å².